The Hall–Kier alpha value is -7.34. The van der Waals surface area contributed by atoms with Gasteiger partial charge in [0.05, 0.1) is 16.8 Å². The van der Waals surface area contributed by atoms with Gasteiger partial charge in [0, 0.05) is 49.5 Å². The van der Waals surface area contributed by atoms with Gasteiger partial charge in [-0.25, -0.2) is 0 Å². The molecule has 0 aromatic heterocycles. The monoisotopic (exact) mass is 834 g/mol. The lowest BCUT2D eigenvalue weighted by molar-refractivity contribution is 0.397. The van der Waals surface area contributed by atoms with Crippen LogP contribution in [-0.4, -0.2) is 0 Å². The van der Waals surface area contributed by atoms with Crippen molar-refractivity contribution in [1.82, 2.24) is 0 Å². The molecule has 3 aliphatic rings. The van der Waals surface area contributed by atoms with Gasteiger partial charge < -0.3 is 19.3 Å². The van der Waals surface area contributed by atoms with Crippen molar-refractivity contribution in [3.63, 3.8) is 0 Å². The zero-order chi connectivity index (χ0) is 39.8. The van der Waals surface area contributed by atoms with Gasteiger partial charge in [0.15, 0.2) is 0 Å². The Balaban J connectivity index is 1.01. The van der Waals surface area contributed by atoms with Gasteiger partial charge in [0.2, 0.25) is 0 Å². The van der Waals surface area contributed by atoms with Gasteiger partial charge in [-0.2, -0.15) is 0 Å². The van der Waals surface area contributed by atoms with Crippen molar-refractivity contribution in [2.24, 2.45) is 0 Å². The maximum Gasteiger partial charge on any atom is 0.134 e. The van der Waals surface area contributed by atoms with Crippen LogP contribution in [-0.2, 0) is 5.41 Å². The molecule has 5 heteroatoms. The number of ether oxygens (including phenoxy) is 2. The van der Waals surface area contributed by atoms with Gasteiger partial charge in [-0.1, -0.05) is 137 Å². The van der Waals surface area contributed by atoms with E-state index in [9.17, 15) is 0 Å². The molecule has 0 aliphatic carbocycles. The summed E-state index contributed by atoms with van der Waals surface area (Å²) >= 11 is 4.00. The van der Waals surface area contributed by atoms with Crippen molar-refractivity contribution >= 4 is 50.1 Å². The predicted molar refractivity (Wildman–Crippen MR) is 246 cm³/mol. The molecule has 9 aromatic carbocycles. The van der Waals surface area contributed by atoms with Crippen LogP contribution in [0.15, 0.2) is 217 Å². The molecule has 1 unspecified atom stereocenters. The Morgan fingerprint density at radius 2 is 0.783 bits per heavy atom. The van der Waals surface area contributed by atoms with Gasteiger partial charge in [-0.05, 0) is 113 Å². The minimum Gasteiger partial charge on any atom is -0.457 e. The number of anilines is 6. The fourth-order valence-corrected chi connectivity index (χ4v) is 10.3. The first-order chi connectivity index (χ1) is 29.7. The van der Waals surface area contributed by atoms with Crippen molar-refractivity contribution < 1.29 is 9.47 Å². The molecule has 0 amide bonds. The van der Waals surface area contributed by atoms with E-state index in [0.29, 0.717) is 0 Å². The number of hydrogen-bond donors (Lipinski definition) is 0. The van der Waals surface area contributed by atoms with Crippen LogP contribution in [0.1, 0.15) is 22.3 Å². The summed E-state index contributed by atoms with van der Waals surface area (Å²) in [5.41, 5.74) is 14.8. The minimum atomic E-state index is -0.689. The number of rotatable bonds is 6. The molecular formula is C55H35BrN2O2. The zero-order valence-electron chi connectivity index (χ0n) is 32.3. The molecule has 9 aromatic rings. The van der Waals surface area contributed by atoms with Gasteiger partial charge in [0.1, 0.15) is 23.0 Å². The lowest BCUT2D eigenvalue weighted by atomic mass is 9.60. The van der Waals surface area contributed by atoms with Gasteiger partial charge in [-0.15, -0.1) is 0 Å². The molecular weight excluding hydrogens is 801 g/mol. The Bertz CT molecular complexity index is 2960. The Labute approximate surface area is 357 Å². The van der Waals surface area contributed by atoms with Crippen LogP contribution in [0.3, 0.4) is 0 Å². The summed E-state index contributed by atoms with van der Waals surface area (Å²) in [6.45, 7) is 0. The van der Waals surface area contributed by atoms with Crippen molar-refractivity contribution in [2.75, 3.05) is 9.80 Å². The van der Waals surface area contributed by atoms with Crippen molar-refractivity contribution in [2.45, 2.75) is 5.41 Å². The van der Waals surface area contributed by atoms with E-state index < -0.39 is 5.41 Å². The second-order valence-electron chi connectivity index (χ2n) is 15.4. The molecule has 4 nitrogen and oxygen atoms in total. The van der Waals surface area contributed by atoms with Crippen molar-refractivity contribution in [1.29, 1.82) is 0 Å². The highest BCUT2D eigenvalue weighted by Crippen LogP contribution is 2.69. The molecule has 60 heavy (non-hydrogen) atoms. The maximum atomic E-state index is 6.83. The van der Waals surface area contributed by atoms with Crippen LogP contribution >= 0.6 is 15.9 Å². The van der Waals surface area contributed by atoms with E-state index in [1.807, 2.05) is 12.1 Å². The number of fused-ring (bicyclic) bond motifs is 2. The first-order valence-electron chi connectivity index (χ1n) is 20.2. The highest BCUT2D eigenvalue weighted by atomic mass is 79.9. The summed E-state index contributed by atoms with van der Waals surface area (Å²) in [6.07, 6.45) is 0. The van der Waals surface area contributed by atoms with Crippen molar-refractivity contribution in [3.8, 4) is 45.3 Å². The zero-order valence-corrected chi connectivity index (χ0v) is 33.9. The van der Waals surface area contributed by atoms with E-state index in [4.69, 9.17) is 9.47 Å². The maximum absolute atomic E-state index is 6.83. The van der Waals surface area contributed by atoms with E-state index in [2.05, 4.69) is 226 Å². The molecule has 0 fully saturated rings. The SMILES string of the molecule is Brc1cccc2c1C13c4ccccc4Oc4cccc(c41)N(c1ccc(N(c4ccc(-c5ccccc5)cc4)c4ccc(-c5ccccc5)cc4)cc1)c1cccc(c13)O2. The molecule has 1 atom stereocenters. The largest absolute Gasteiger partial charge is 0.457 e. The highest BCUT2D eigenvalue weighted by molar-refractivity contribution is 9.10. The highest BCUT2D eigenvalue weighted by Gasteiger charge is 2.57. The fraction of sp³-hybridized carbons (Fsp3) is 0.0182. The first-order valence-corrected chi connectivity index (χ1v) is 21.0. The quantitative estimate of drug-likeness (QED) is 0.167. The van der Waals surface area contributed by atoms with Crippen molar-refractivity contribution in [3.05, 3.63) is 239 Å². The van der Waals surface area contributed by atoms with E-state index in [0.717, 1.165) is 83.8 Å². The molecule has 12 rings (SSSR count). The van der Waals surface area contributed by atoms with Gasteiger partial charge in [0.25, 0.3) is 0 Å². The standard InChI is InChI=1S/C55H35BrN2O2/c56-45-17-9-21-49-52(45)55-44-16-7-8-20-48(44)59-50-22-10-18-46(53(50)55)58(47-19-11-23-51(60-49)54(47)55)43-34-32-42(33-35-43)57(40-28-24-38(25-29-40)36-12-3-1-4-13-36)41-30-26-39(27-31-41)37-14-5-2-6-15-37/h1-35H. The van der Waals surface area contributed by atoms with Crippen LogP contribution in [0.4, 0.5) is 34.1 Å². The first kappa shape index (κ1) is 34.7. The molecule has 3 aliphatic heterocycles. The molecule has 0 N–H and O–H groups in total. The third-order valence-corrected chi connectivity index (χ3v) is 12.8. The van der Waals surface area contributed by atoms with Crippen LogP contribution in [0.25, 0.3) is 22.3 Å². The summed E-state index contributed by atoms with van der Waals surface area (Å²) in [5.74, 6) is 3.35. The van der Waals surface area contributed by atoms with Crippen LogP contribution < -0.4 is 19.3 Å². The molecule has 0 saturated carbocycles. The number of para-hydroxylation sites is 1. The number of hydrogen-bond acceptors (Lipinski definition) is 4. The summed E-state index contributed by atoms with van der Waals surface area (Å²) in [6, 6.07) is 75.2. The van der Waals surface area contributed by atoms with E-state index in [-0.39, 0.29) is 0 Å². The molecule has 3 heterocycles. The van der Waals surface area contributed by atoms with E-state index in [1.165, 1.54) is 22.3 Å². The number of benzene rings is 9. The van der Waals surface area contributed by atoms with Gasteiger partial charge >= 0.3 is 0 Å². The second-order valence-corrected chi connectivity index (χ2v) is 16.2. The average molecular weight is 836 g/mol. The second kappa shape index (κ2) is 13.6. The molecule has 0 bridgehead atoms. The molecule has 284 valence electrons. The third-order valence-electron chi connectivity index (χ3n) is 12.2. The molecule has 1 spiro atoms. The van der Waals surface area contributed by atoms with E-state index in [1.54, 1.807) is 0 Å². The van der Waals surface area contributed by atoms with Crippen LogP contribution in [0, 0.1) is 0 Å². The average Bonchev–Trinajstić information content (AvgIpc) is 3.31. The molecule has 0 saturated heterocycles. The third kappa shape index (κ3) is 5.16. The topological polar surface area (TPSA) is 24.9 Å². The Morgan fingerprint density at radius 3 is 1.33 bits per heavy atom. The Kier molecular flexibility index (Phi) is 7.87. The summed E-state index contributed by atoms with van der Waals surface area (Å²) < 4.78 is 14.6. The lowest BCUT2D eigenvalue weighted by Crippen LogP contribution is -2.42. The predicted octanol–water partition coefficient (Wildman–Crippen LogP) is 15.6. The smallest absolute Gasteiger partial charge is 0.134 e. The minimum absolute atomic E-state index is 0.689. The Morgan fingerprint density at radius 1 is 0.367 bits per heavy atom. The number of halogens is 1. The van der Waals surface area contributed by atoms with Gasteiger partial charge in [-0.3, -0.25) is 0 Å². The van der Waals surface area contributed by atoms with Crippen LogP contribution in [0.2, 0.25) is 0 Å². The lowest BCUT2D eigenvalue weighted by Gasteiger charge is -2.51. The van der Waals surface area contributed by atoms with Crippen LogP contribution in [0.5, 0.6) is 23.0 Å². The number of nitrogens with zero attached hydrogens (tertiary/aromatic N) is 2. The fourth-order valence-electron chi connectivity index (χ4n) is 9.64. The molecule has 0 radical (unpaired) electrons. The summed E-state index contributed by atoms with van der Waals surface area (Å²) in [5, 5.41) is 0. The normalized spacial score (nSPS) is 15.1. The van der Waals surface area contributed by atoms with E-state index >= 15 is 0 Å². The summed E-state index contributed by atoms with van der Waals surface area (Å²) in [7, 11) is 0. The summed E-state index contributed by atoms with van der Waals surface area (Å²) in [4.78, 5) is 4.70.